The second kappa shape index (κ2) is 9.38. The predicted molar refractivity (Wildman–Crippen MR) is 109 cm³/mol. The summed E-state index contributed by atoms with van der Waals surface area (Å²) in [7, 11) is 0. The molecule has 1 heterocycles. The van der Waals surface area contributed by atoms with Crippen LogP contribution in [-0.4, -0.2) is 22.7 Å². The van der Waals surface area contributed by atoms with Crippen LogP contribution < -0.4 is 5.32 Å². The molecule has 0 aliphatic heterocycles. The highest BCUT2D eigenvalue weighted by Crippen LogP contribution is 2.16. The average molecular weight is 440 g/mol. The molecule has 0 aliphatic rings. The summed E-state index contributed by atoms with van der Waals surface area (Å²) in [6.07, 6.45) is 3.45. The molecule has 0 saturated carbocycles. The number of carbonyl (C=O) groups is 1. The van der Waals surface area contributed by atoms with Crippen LogP contribution in [0.15, 0.2) is 47.1 Å². The first-order valence-corrected chi connectivity index (χ1v) is 9.73. The largest absolute Gasteiger partial charge is 0.444 e. The molecule has 0 bridgehead atoms. The van der Waals surface area contributed by atoms with Crippen molar-refractivity contribution in [3.05, 3.63) is 63.3 Å². The van der Waals surface area contributed by atoms with Crippen LogP contribution >= 0.6 is 27.5 Å². The van der Waals surface area contributed by atoms with Gasteiger partial charge in [-0.15, -0.1) is 0 Å². The Morgan fingerprint density at radius 3 is 2.69 bits per heavy atom. The van der Waals surface area contributed by atoms with Gasteiger partial charge in [-0.2, -0.15) is 0 Å². The monoisotopic (exact) mass is 438 g/mol. The fourth-order valence-corrected chi connectivity index (χ4v) is 3.08. The van der Waals surface area contributed by atoms with Crippen molar-refractivity contribution in [2.75, 3.05) is 0 Å². The molecule has 1 aromatic heterocycles. The summed E-state index contributed by atoms with van der Waals surface area (Å²) >= 11 is 9.38. The molecule has 1 amide bonds. The Morgan fingerprint density at radius 2 is 2.08 bits per heavy atom. The molecule has 1 aromatic carbocycles. The van der Waals surface area contributed by atoms with Crippen LogP contribution in [0, 0.1) is 0 Å². The summed E-state index contributed by atoms with van der Waals surface area (Å²) in [5.74, 6) is 0. The van der Waals surface area contributed by atoms with Crippen LogP contribution in [0.5, 0.6) is 0 Å². The summed E-state index contributed by atoms with van der Waals surface area (Å²) in [4.78, 5) is 16.5. The van der Waals surface area contributed by atoms with Gasteiger partial charge in [-0.25, -0.2) is 4.79 Å². The molecule has 140 valence electrons. The number of nitrogens with zero attached hydrogens (tertiary/aromatic N) is 1. The zero-order valence-corrected chi connectivity index (χ0v) is 17.6. The Kier molecular flexibility index (Phi) is 7.47. The van der Waals surface area contributed by atoms with Crippen molar-refractivity contribution >= 4 is 33.6 Å². The minimum atomic E-state index is -0.526. The van der Waals surface area contributed by atoms with Crippen molar-refractivity contribution in [2.24, 2.45) is 0 Å². The van der Waals surface area contributed by atoms with E-state index >= 15 is 0 Å². The number of aryl methyl sites for hydroxylation is 1. The van der Waals surface area contributed by atoms with Gasteiger partial charge in [-0.05, 0) is 69.9 Å². The Balaban J connectivity index is 2.04. The molecule has 2 rings (SSSR count). The third kappa shape index (κ3) is 7.75. The molecule has 0 aliphatic carbocycles. The van der Waals surface area contributed by atoms with E-state index < -0.39 is 11.7 Å². The highest BCUT2D eigenvalue weighted by Gasteiger charge is 2.20. The molecule has 2 aromatic rings. The fourth-order valence-electron chi connectivity index (χ4n) is 2.52. The number of nitrogens with one attached hydrogen (secondary N) is 1. The highest BCUT2D eigenvalue weighted by molar-refractivity contribution is 9.10. The van der Waals surface area contributed by atoms with Crippen LogP contribution in [0.1, 0.15) is 38.4 Å². The van der Waals surface area contributed by atoms with E-state index in [0.717, 1.165) is 28.6 Å². The minimum absolute atomic E-state index is 0.0587. The fraction of sp³-hybridized carbons (Fsp3) is 0.400. The van der Waals surface area contributed by atoms with Gasteiger partial charge in [0.2, 0.25) is 0 Å². The van der Waals surface area contributed by atoms with Crippen molar-refractivity contribution in [3.8, 4) is 0 Å². The number of ether oxygens (including phenoxy) is 1. The lowest BCUT2D eigenvalue weighted by Crippen LogP contribution is -2.40. The van der Waals surface area contributed by atoms with Gasteiger partial charge in [0.1, 0.15) is 5.60 Å². The van der Waals surface area contributed by atoms with Crippen LogP contribution in [0.4, 0.5) is 4.79 Å². The lowest BCUT2D eigenvalue weighted by Gasteiger charge is -2.24. The van der Waals surface area contributed by atoms with Gasteiger partial charge in [0.15, 0.2) is 0 Å². The minimum Gasteiger partial charge on any atom is -0.444 e. The smallest absolute Gasteiger partial charge is 0.407 e. The van der Waals surface area contributed by atoms with Gasteiger partial charge in [0.25, 0.3) is 0 Å². The molecule has 0 spiro atoms. The van der Waals surface area contributed by atoms with Gasteiger partial charge >= 0.3 is 6.09 Å². The van der Waals surface area contributed by atoms with E-state index in [1.54, 1.807) is 6.20 Å². The van der Waals surface area contributed by atoms with Gasteiger partial charge in [0.05, 0.1) is 5.02 Å². The number of carbonyl (C=O) groups excluding carboxylic acids is 1. The van der Waals surface area contributed by atoms with Gasteiger partial charge in [-0.1, -0.05) is 39.7 Å². The van der Waals surface area contributed by atoms with E-state index in [9.17, 15) is 4.79 Å². The SMILES string of the molecule is CC(C)(C)OC(=O)NC(CCc1ccc(Cl)cn1)Cc1cccc(Br)c1. The van der Waals surface area contributed by atoms with Crippen LogP contribution in [0.3, 0.4) is 0 Å². The maximum absolute atomic E-state index is 12.2. The number of pyridine rings is 1. The number of amides is 1. The molecule has 4 nitrogen and oxygen atoms in total. The Labute approximate surface area is 168 Å². The molecule has 0 radical (unpaired) electrons. The van der Waals surface area contributed by atoms with E-state index in [1.807, 2.05) is 45.0 Å². The molecular weight excluding hydrogens is 416 g/mol. The maximum Gasteiger partial charge on any atom is 0.407 e. The second-order valence-corrected chi connectivity index (χ2v) is 8.54. The lowest BCUT2D eigenvalue weighted by atomic mass is 10.0. The lowest BCUT2D eigenvalue weighted by molar-refractivity contribution is 0.0501. The molecule has 1 N–H and O–H groups in total. The van der Waals surface area contributed by atoms with Crippen molar-refractivity contribution in [2.45, 2.75) is 51.7 Å². The number of aromatic nitrogens is 1. The number of hydrogen-bond acceptors (Lipinski definition) is 3. The topological polar surface area (TPSA) is 51.2 Å². The summed E-state index contributed by atoms with van der Waals surface area (Å²) in [5.41, 5.74) is 1.56. The third-order valence-electron chi connectivity index (χ3n) is 3.63. The highest BCUT2D eigenvalue weighted by atomic mass is 79.9. The number of rotatable bonds is 6. The van der Waals surface area contributed by atoms with E-state index in [1.165, 1.54) is 0 Å². The predicted octanol–water partition coefficient (Wildman–Crippen LogP) is 5.57. The first kappa shape index (κ1) is 20.7. The summed E-state index contributed by atoms with van der Waals surface area (Å²) in [5, 5.41) is 3.61. The van der Waals surface area contributed by atoms with Gasteiger partial charge in [0, 0.05) is 22.4 Å². The normalized spacial score (nSPS) is 12.5. The van der Waals surface area contributed by atoms with Crippen molar-refractivity contribution in [1.82, 2.24) is 10.3 Å². The summed E-state index contributed by atoms with van der Waals surface area (Å²) in [6.45, 7) is 5.56. The van der Waals surface area contributed by atoms with Crippen molar-refractivity contribution < 1.29 is 9.53 Å². The number of alkyl carbamates (subject to hydrolysis) is 1. The van der Waals surface area contributed by atoms with E-state index in [0.29, 0.717) is 11.4 Å². The first-order chi connectivity index (χ1) is 12.2. The second-order valence-electron chi connectivity index (χ2n) is 7.18. The van der Waals surface area contributed by atoms with Crippen LogP contribution in [0.2, 0.25) is 5.02 Å². The van der Waals surface area contributed by atoms with E-state index in [2.05, 4.69) is 38.4 Å². The Hall–Kier alpha value is -1.59. The van der Waals surface area contributed by atoms with Crippen LogP contribution in [-0.2, 0) is 17.6 Å². The summed E-state index contributed by atoms with van der Waals surface area (Å²) in [6, 6.07) is 11.8. The van der Waals surface area contributed by atoms with E-state index in [-0.39, 0.29) is 6.04 Å². The zero-order valence-electron chi connectivity index (χ0n) is 15.3. The van der Waals surface area contributed by atoms with Gasteiger partial charge < -0.3 is 10.1 Å². The van der Waals surface area contributed by atoms with Gasteiger partial charge in [-0.3, -0.25) is 4.98 Å². The quantitative estimate of drug-likeness (QED) is 0.640. The first-order valence-electron chi connectivity index (χ1n) is 8.56. The standard InChI is InChI=1S/C20H24BrClN2O2/c1-20(2,3)26-19(25)24-18(12-14-5-4-6-15(21)11-14)10-9-17-8-7-16(22)13-23-17/h4-8,11,13,18H,9-10,12H2,1-3H3,(H,24,25). The number of halogens is 2. The number of benzene rings is 1. The Morgan fingerprint density at radius 1 is 1.31 bits per heavy atom. The summed E-state index contributed by atoms with van der Waals surface area (Å²) < 4.78 is 6.42. The maximum atomic E-state index is 12.2. The zero-order chi connectivity index (χ0) is 19.2. The molecule has 0 saturated heterocycles. The molecule has 1 atom stereocenters. The van der Waals surface area contributed by atoms with Crippen molar-refractivity contribution in [1.29, 1.82) is 0 Å². The van der Waals surface area contributed by atoms with Crippen molar-refractivity contribution in [3.63, 3.8) is 0 Å². The average Bonchev–Trinajstić information content (AvgIpc) is 2.52. The van der Waals surface area contributed by atoms with Crippen LogP contribution in [0.25, 0.3) is 0 Å². The van der Waals surface area contributed by atoms with E-state index in [4.69, 9.17) is 16.3 Å². The molecule has 6 heteroatoms. The number of hydrogen-bond donors (Lipinski definition) is 1. The molecule has 26 heavy (non-hydrogen) atoms. The molecule has 1 unspecified atom stereocenters. The molecular formula is C20H24BrClN2O2. The Bertz CT molecular complexity index is 729. The third-order valence-corrected chi connectivity index (χ3v) is 4.35. The molecule has 0 fully saturated rings.